The molecule has 0 aliphatic rings. The Bertz CT molecular complexity index is 234. The number of nitrogens with two attached hydrogens (primary N) is 1. The van der Waals surface area contributed by atoms with E-state index in [1.807, 2.05) is 0 Å². The standard InChI is InChI=1S/C9H18N2O5/c10-6(9(15)16)3-1-2-4-11-8(14)7(13)5-12/h6-7,12-13H,1-5,10H2,(H,11,14)(H,15,16)/t6-,7?/m0/s1. The van der Waals surface area contributed by atoms with Gasteiger partial charge in [0.15, 0.2) is 6.10 Å². The second-order valence-corrected chi connectivity index (χ2v) is 3.43. The number of carbonyl (C=O) groups excluding carboxylic acids is 1. The van der Waals surface area contributed by atoms with E-state index in [1.54, 1.807) is 0 Å². The largest absolute Gasteiger partial charge is 0.480 e. The Morgan fingerprint density at radius 3 is 2.44 bits per heavy atom. The summed E-state index contributed by atoms with van der Waals surface area (Å²) < 4.78 is 0. The first-order valence-corrected chi connectivity index (χ1v) is 5.04. The summed E-state index contributed by atoms with van der Waals surface area (Å²) in [6.07, 6.45) is 0.0861. The molecule has 0 saturated heterocycles. The molecule has 0 aromatic carbocycles. The average Bonchev–Trinajstić information content (AvgIpc) is 2.26. The maximum atomic E-state index is 10.9. The van der Waals surface area contributed by atoms with Crippen LogP contribution in [0.25, 0.3) is 0 Å². The van der Waals surface area contributed by atoms with Crippen molar-refractivity contribution in [3.8, 4) is 0 Å². The summed E-state index contributed by atoms with van der Waals surface area (Å²) in [5.41, 5.74) is 5.27. The van der Waals surface area contributed by atoms with Gasteiger partial charge >= 0.3 is 5.97 Å². The third kappa shape index (κ3) is 6.33. The fraction of sp³-hybridized carbons (Fsp3) is 0.778. The van der Waals surface area contributed by atoms with E-state index in [1.165, 1.54) is 0 Å². The summed E-state index contributed by atoms with van der Waals surface area (Å²) in [7, 11) is 0. The number of aliphatic hydroxyl groups excluding tert-OH is 2. The topological polar surface area (TPSA) is 133 Å². The summed E-state index contributed by atoms with van der Waals surface area (Å²) in [6, 6.07) is -0.876. The fourth-order valence-electron chi connectivity index (χ4n) is 1.03. The van der Waals surface area contributed by atoms with E-state index < -0.39 is 30.6 Å². The van der Waals surface area contributed by atoms with E-state index >= 15 is 0 Å². The fourth-order valence-corrected chi connectivity index (χ4v) is 1.03. The van der Waals surface area contributed by atoms with Crippen LogP contribution in [0.3, 0.4) is 0 Å². The molecular weight excluding hydrogens is 216 g/mol. The first-order chi connectivity index (χ1) is 7.49. The van der Waals surface area contributed by atoms with Crippen LogP contribution in [-0.2, 0) is 9.59 Å². The molecule has 94 valence electrons. The first-order valence-electron chi connectivity index (χ1n) is 5.04. The van der Waals surface area contributed by atoms with E-state index in [0.717, 1.165) is 0 Å². The molecule has 6 N–H and O–H groups in total. The highest BCUT2D eigenvalue weighted by Crippen LogP contribution is 1.98. The van der Waals surface area contributed by atoms with E-state index in [0.29, 0.717) is 25.8 Å². The molecule has 1 unspecified atom stereocenters. The maximum absolute atomic E-state index is 10.9. The number of nitrogens with one attached hydrogen (secondary N) is 1. The molecule has 16 heavy (non-hydrogen) atoms. The van der Waals surface area contributed by atoms with Gasteiger partial charge in [0, 0.05) is 6.54 Å². The molecule has 0 aromatic heterocycles. The highest BCUT2D eigenvalue weighted by atomic mass is 16.4. The van der Waals surface area contributed by atoms with Gasteiger partial charge in [0.05, 0.1) is 6.61 Å². The van der Waals surface area contributed by atoms with Crippen molar-refractivity contribution in [3.05, 3.63) is 0 Å². The molecule has 1 amide bonds. The smallest absolute Gasteiger partial charge is 0.320 e. The SMILES string of the molecule is N[C@@H](CCCCNC(=O)C(O)CO)C(=O)O. The molecular formula is C9H18N2O5. The van der Waals surface area contributed by atoms with Gasteiger partial charge in [-0.15, -0.1) is 0 Å². The van der Waals surface area contributed by atoms with Crippen molar-refractivity contribution in [1.82, 2.24) is 5.32 Å². The van der Waals surface area contributed by atoms with Gasteiger partial charge in [0.2, 0.25) is 0 Å². The number of aliphatic carboxylic acids is 1. The van der Waals surface area contributed by atoms with Gasteiger partial charge in [-0.05, 0) is 19.3 Å². The monoisotopic (exact) mass is 234 g/mol. The normalized spacial score (nSPS) is 14.2. The number of rotatable bonds is 8. The minimum absolute atomic E-state index is 0.322. The van der Waals surface area contributed by atoms with Crippen LogP contribution in [0.2, 0.25) is 0 Å². The number of aliphatic hydroxyl groups is 2. The molecule has 0 spiro atoms. The zero-order chi connectivity index (χ0) is 12.6. The van der Waals surface area contributed by atoms with Crippen molar-refractivity contribution >= 4 is 11.9 Å². The zero-order valence-electron chi connectivity index (χ0n) is 8.93. The van der Waals surface area contributed by atoms with Crippen molar-refractivity contribution in [1.29, 1.82) is 0 Å². The number of carbonyl (C=O) groups is 2. The molecule has 0 aliphatic heterocycles. The van der Waals surface area contributed by atoms with Gasteiger partial charge in [0.1, 0.15) is 6.04 Å². The molecule has 0 saturated carbocycles. The van der Waals surface area contributed by atoms with Crippen molar-refractivity contribution in [2.75, 3.05) is 13.2 Å². The zero-order valence-corrected chi connectivity index (χ0v) is 8.93. The van der Waals surface area contributed by atoms with Gasteiger partial charge in [0.25, 0.3) is 5.91 Å². The van der Waals surface area contributed by atoms with E-state index in [-0.39, 0.29) is 0 Å². The van der Waals surface area contributed by atoms with Gasteiger partial charge in [-0.3, -0.25) is 9.59 Å². The number of amides is 1. The highest BCUT2D eigenvalue weighted by molar-refractivity contribution is 5.80. The first kappa shape index (κ1) is 14.8. The van der Waals surface area contributed by atoms with Crippen LogP contribution in [0, 0.1) is 0 Å². The van der Waals surface area contributed by atoms with Crippen molar-refractivity contribution in [2.24, 2.45) is 5.73 Å². The molecule has 0 aliphatic carbocycles. The molecule has 0 radical (unpaired) electrons. The summed E-state index contributed by atoms with van der Waals surface area (Å²) in [6.45, 7) is -0.294. The Balaban J connectivity index is 3.47. The second kappa shape index (κ2) is 8.03. The quantitative estimate of drug-likeness (QED) is 0.310. The van der Waals surface area contributed by atoms with Gasteiger partial charge < -0.3 is 26.4 Å². The van der Waals surface area contributed by atoms with Crippen LogP contribution in [0.5, 0.6) is 0 Å². The number of carboxylic acid groups (broad SMARTS) is 1. The Kier molecular flexibility index (Phi) is 7.44. The lowest BCUT2D eigenvalue weighted by Gasteiger charge is -2.09. The van der Waals surface area contributed by atoms with Crippen LogP contribution >= 0.6 is 0 Å². The Labute approximate surface area is 93.3 Å². The average molecular weight is 234 g/mol. The lowest BCUT2D eigenvalue weighted by molar-refractivity contribution is -0.138. The van der Waals surface area contributed by atoms with Crippen molar-refractivity contribution < 1.29 is 24.9 Å². The second-order valence-electron chi connectivity index (χ2n) is 3.43. The molecule has 0 aromatic rings. The number of hydrogen-bond donors (Lipinski definition) is 5. The molecule has 7 nitrogen and oxygen atoms in total. The summed E-state index contributed by atoms with van der Waals surface area (Å²) in [4.78, 5) is 21.3. The predicted molar refractivity (Wildman–Crippen MR) is 55.6 cm³/mol. The third-order valence-corrected chi connectivity index (χ3v) is 2.03. The molecule has 7 heteroatoms. The third-order valence-electron chi connectivity index (χ3n) is 2.03. The van der Waals surface area contributed by atoms with Crippen molar-refractivity contribution in [2.45, 2.75) is 31.4 Å². The van der Waals surface area contributed by atoms with Gasteiger partial charge in [-0.1, -0.05) is 0 Å². The Morgan fingerprint density at radius 2 is 1.94 bits per heavy atom. The van der Waals surface area contributed by atoms with Gasteiger partial charge in [-0.2, -0.15) is 0 Å². The van der Waals surface area contributed by atoms with Crippen LogP contribution in [0.4, 0.5) is 0 Å². The van der Waals surface area contributed by atoms with Crippen LogP contribution in [0.15, 0.2) is 0 Å². The molecule has 0 bridgehead atoms. The van der Waals surface area contributed by atoms with Crippen LogP contribution < -0.4 is 11.1 Å². The Morgan fingerprint density at radius 1 is 1.31 bits per heavy atom. The lowest BCUT2D eigenvalue weighted by atomic mass is 10.1. The number of hydrogen-bond acceptors (Lipinski definition) is 5. The van der Waals surface area contributed by atoms with E-state index in [4.69, 9.17) is 21.1 Å². The minimum Gasteiger partial charge on any atom is -0.480 e. The summed E-state index contributed by atoms with van der Waals surface area (Å²) in [5, 5.41) is 28.2. The van der Waals surface area contributed by atoms with E-state index in [9.17, 15) is 9.59 Å². The van der Waals surface area contributed by atoms with Crippen LogP contribution in [0.1, 0.15) is 19.3 Å². The van der Waals surface area contributed by atoms with Crippen LogP contribution in [-0.4, -0.2) is 52.5 Å². The lowest BCUT2D eigenvalue weighted by Crippen LogP contribution is -2.37. The molecule has 0 rings (SSSR count). The number of carboxylic acids is 1. The molecule has 2 atom stereocenters. The Hall–Kier alpha value is -1.18. The summed E-state index contributed by atoms with van der Waals surface area (Å²) >= 11 is 0. The summed E-state index contributed by atoms with van der Waals surface area (Å²) in [5.74, 6) is -1.68. The number of unbranched alkanes of at least 4 members (excludes halogenated alkanes) is 1. The van der Waals surface area contributed by atoms with E-state index in [2.05, 4.69) is 5.32 Å². The minimum atomic E-state index is -1.40. The molecule has 0 fully saturated rings. The van der Waals surface area contributed by atoms with Gasteiger partial charge in [-0.25, -0.2) is 0 Å². The predicted octanol–water partition coefficient (Wildman–Crippen LogP) is -1.96. The maximum Gasteiger partial charge on any atom is 0.320 e. The highest BCUT2D eigenvalue weighted by Gasteiger charge is 2.13. The molecule has 0 heterocycles. The van der Waals surface area contributed by atoms with Crippen molar-refractivity contribution in [3.63, 3.8) is 0 Å².